The fraction of sp³-hybridized carbons (Fsp3) is 0. The van der Waals surface area contributed by atoms with Gasteiger partial charge in [0.15, 0.2) is 0 Å². The molecule has 74 valence electrons. The summed E-state index contributed by atoms with van der Waals surface area (Å²) in [5.74, 6) is 0. The lowest BCUT2D eigenvalue weighted by Crippen LogP contribution is -1.85. The first kappa shape index (κ1) is 9.33. The molecule has 0 fully saturated rings. The smallest absolute Gasteiger partial charge is 0.0963 e. The fourth-order valence-electron chi connectivity index (χ4n) is 1.13. The topological polar surface area (TPSA) is 54.5 Å². The van der Waals surface area contributed by atoms with Crippen LogP contribution in [0.2, 0.25) is 0 Å². The van der Waals surface area contributed by atoms with Crippen LogP contribution < -0.4 is 0 Å². The number of H-pyrrole nitrogens is 1. The molecule has 2 aromatic heterocycles. The lowest BCUT2D eigenvalue weighted by Gasteiger charge is -1.89. The second kappa shape index (κ2) is 4.85. The highest BCUT2D eigenvalue weighted by Gasteiger charge is 1.88. The number of fused-ring (bicyclic) bond motifs is 1. The Kier molecular flexibility index (Phi) is 3.02. The van der Waals surface area contributed by atoms with E-state index in [4.69, 9.17) is 0 Å². The number of aromatic nitrogens is 4. The van der Waals surface area contributed by atoms with Crippen molar-refractivity contribution in [3.63, 3.8) is 0 Å². The third-order valence-corrected chi connectivity index (χ3v) is 1.83. The zero-order chi connectivity index (χ0) is 10.3. The molecule has 0 unspecified atom stereocenters. The van der Waals surface area contributed by atoms with Gasteiger partial charge in [0.2, 0.25) is 0 Å². The Balaban J connectivity index is 0.000000144. The van der Waals surface area contributed by atoms with Crippen LogP contribution in [-0.4, -0.2) is 20.4 Å². The normalized spacial score (nSPS) is 9.33. The van der Waals surface area contributed by atoms with Gasteiger partial charge in [-0.2, -0.15) is 0 Å². The van der Waals surface area contributed by atoms with Crippen LogP contribution in [-0.2, 0) is 0 Å². The van der Waals surface area contributed by atoms with Gasteiger partial charge in [-0.3, -0.25) is 0 Å². The van der Waals surface area contributed by atoms with Crippen LogP contribution >= 0.6 is 0 Å². The molecule has 0 bridgehead atoms. The molecule has 0 atom stereocenters. The van der Waals surface area contributed by atoms with Crippen molar-refractivity contribution >= 4 is 10.9 Å². The molecule has 0 spiro atoms. The lowest BCUT2D eigenvalue weighted by molar-refractivity contribution is 0.895. The van der Waals surface area contributed by atoms with Gasteiger partial charge in [0.1, 0.15) is 0 Å². The number of hydrogen-bond acceptors (Lipinski definition) is 3. The predicted molar refractivity (Wildman–Crippen MR) is 58.1 cm³/mol. The van der Waals surface area contributed by atoms with E-state index >= 15 is 0 Å². The van der Waals surface area contributed by atoms with Crippen LogP contribution in [0.5, 0.6) is 0 Å². The molecule has 0 saturated carbocycles. The zero-order valence-electron chi connectivity index (χ0n) is 8.04. The molecule has 15 heavy (non-hydrogen) atoms. The highest BCUT2D eigenvalue weighted by atomic mass is 15.3. The molecule has 0 saturated heterocycles. The van der Waals surface area contributed by atoms with E-state index < -0.39 is 0 Å². The molecule has 0 aliphatic carbocycles. The van der Waals surface area contributed by atoms with E-state index in [1.165, 1.54) is 0 Å². The maximum absolute atomic E-state index is 3.82. The third-order valence-electron chi connectivity index (χ3n) is 1.83. The zero-order valence-corrected chi connectivity index (χ0v) is 8.04. The second-order valence-corrected chi connectivity index (χ2v) is 2.88. The average molecular weight is 198 g/mol. The van der Waals surface area contributed by atoms with Crippen LogP contribution in [0.3, 0.4) is 0 Å². The van der Waals surface area contributed by atoms with Crippen molar-refractivity contribution in [2.24, 2.45) is 0 Å². The van der Waals surface area contributed by atoms with Crippen molar-refractivity contribution in [3.05, 3.63) is 55.0 Å². The van der Waals surface area contributed by atoms with Crippen LogP contribution in [0.25, 0.3) is 10.9 Å². The molecule has 4 heteroatoms. The Hall–Kier alpha value is -2.23. The van der Waals surface area contributed by atoms with Crippen molar-refractivity contribution in [2.75, 3.05) is 0 Å². The highest BCUT2D eigenvalue weighted by molar-refractivity contribution is 5.76. The summed E-state index contributed by atoms with van der Waals surface area (Å²) in [5, 5.41) is 12.0. The SMILES string of the molecule is c1cc[nH]c1.c1ccc2nnncc2c1. The van der Waals surface area contributed by atoms with Gasteiger partial charge in [-0.25, -0.2) is 0 Å². The molecule has 1 N–H and O–H groups in total. The molecular formula is C11H10N4. The standard InChI is InChI=1S/C7H5N3.C4H5N/c1-2-4-7-6(3-1)5-8-10-9-7;1-2-4-5-3-1/h1-5H;1-5H. The second-order valence-electron chi connectivity index (χ2n) is 2.88. The summed E-state index contributed by atoms with van der Waals surface area (Å²) in [6.45, 7) is 0. The van der Waals surface area contributed by atoms with Gasteiger partial charge in [-0.05, 0) is 23.4 Å². The summed E-state index contributed by atoms with van der Waals surface area (Å²) in [5.41, 5.74) is 0.887. The maximum Gasteiger partial charge on any atom is 0.0963 e. The minimum atomic E-state index is 0.887. The molecule has 3 aromatic rings. The Morgan fingerprint density at radius 3 is 2.40 bits per heavy atom. The molecule has 1 aromatic carbocycles. The van der Waals surface area contributed by atoms with Gasteiger partial charge in [-0.1, -0.05) is 18.2 Å². The van der Waals surface area contributed by atoms with Crippen molar-refractivity contribution in [1.82, 2.24) is 20.4 Å². The monoisotopic (exact) mass is 198 g/mol. The fourth-order valence-corrected chi connectivity index (χ4v) is 1.13. The summed E-state index contributed by atoms with van der Waals surface area (Å²) >= 11 is 0. The Labute approximate surface area is 87.0 Å². The maximum atomic E-state index is 3.82. The van der Waals surface area contributed by atoms with Crippen molar-refractivity contribution in [1.29, 1.82) is 0 Å². The van der Waals surface area contributed by atoms with Crippen LogP contribution in [0.4, 0.5) is 0 Å². The van der Waals surface area contributed by atoms with Crippen molar-refractivity contribution in [2.45, 2.75) is 0 Å². The van der Waals surface area contributed by atoms with Gasteiger partial charge in [-0.15, -0.1) is 10.2 Å². The molecule has 0 radical (unpaired) electrons. The van der Waals surface area contributed by atoms with Crippen molar-refractivity contribution < 1.29 is 0 Å². The van der Waals surface area contributed by atoms with Crippen LogP contribution in [0.1, 0.15) is 0 Å². The van der Waals surface area contributed by atoms with Gasteiger partial charge in [0.25, 0.3) is 0 Å². The molecule has 0 aliphatic rings. The molecule has 2 heterocycles. The summed E-state index contributed by atoms with van der Waals surface area (Å²) in [6, 6.07) is 11.6. The predicted octanol–water partition coefficient (Wildman–Crippen LogP) is 2.04. The van der Waals surface area contributed by atoms with E-state index in [1.807, 2.05) is 48.8 Å². The van der Waals surface area contributed by atoms with Gasteiger partial charge < -0.3 is 4.98 Å². The number of rotatable bonds is 0. The minimum Gasteiger partial charge on any atom is -0.368 e. The first-order chi connectivity index (χ1) is 7.47. The molecular weight excluding hydrogens is 188 g/mol. The van der Waals surface area contributed by atoms with E-state index in [-0.39, 0.29) is 0 Å². The third kappa shape index (κ3) is 2.60. The summed E-state index contributed by atoms with van der Waals surface area (Å²) < 4.78 is 0. The van der Waals surface area contributed by atoms with E-state index in [2.05, 4.69) is 20.4 Å². The van der Waals surface area contributed by atoms with E-state index in [0.29, 0.717) is 0 Å². The molecule has 0 amide bonds. The van der Waals surface area contributed by atoms with E-state index in [1.54, 1.807) is 6.20 Å². The Morgan fingerprint density at radius 1 is 0.933 bits per heavy atom. The Morgan fingerprint density at radius 2 is 1.73 bits per heavy atom. The number of nitrogens with one attached hydrogen (secondary N) is 1. The first-order valence-corrected chi connectivity index (χ1v) is 4.58. The lowest BCUT2D eigenvalue weighted by atomic mass is 10.2. The average Bonchev–Trinajstić information content (AvgIpc) is 2.88. The number of hydrogen-bond donors (Lipinski definition) is 1. The summed E-state index contributed by atoms with van der Waals surface area (Å²) in [7, 11) is 0. The molecule has 4 nitrogen and oxygen atoms in total. The number of aromatic amines is 1. The van der Waals surface area contributed by atoms with Crippen LogP contribution in [0, 0.1) is 0 Å². The quantitative estimate of drug-likeness (QED) is 0.601. The number of benzene rings is 1. The van der Waals surface area contributed by atoms with Crippen molar-refractivity contribution in [3.8, 4) is 0 Å². The van der Waals surface area contributed by atoms with E-state index in [0.717, 1.165) is 10.9 Å². The Bertz CT molecular complexity index is 422. The van der Waals surface area contributed by atoms with Crippen LogP contribution in [0.15, 0.2) is 55.0 Å². The summed E-state index contributed by atoms with van der Waals surface area (Å²) in [6.07, 6.45) is 5.45. The van der Waals surface area contributed by atoms with E-state index in [9.17, 15) is 0 Å². The van der Waals surface area contributed by atoms with Gasteiger partial charge in [0.05, 0.1) is 11.7 Å². The number of nitrogens with zero attached hydrogens (tertiary/aromatic N) is 3. The van der Waals surface area contributed by atoms with Gasteiger partial charge in [0, 0.05) is 17.8 Å². The largest absolute Gasteiger partial charge is 0.368 e. The molecule has 0 aliphatic heterocycles. The highest BCUT2D eigenvalue weighted by Crippen LogP contribution is 2.05. The summed E-state index contributed by atoms with van der Waals surface area (Å²) in [4.78, 5) is 2.86. The molecule has 3 rings (SSSR count). The first-order valence-electron chi connectivity index (χ1n) is 4.58. The minimum absolute atomic E-state index is 0.887. The van der Waals surface area contributed by atoms with Gasteiger partial charge >= 0.3 is 0 Å².